The molecule has 0 heterocycles. The lowest BCUT2D eigenvalue weighted by Gasteiger charge is -2.28. The molecule has 0 radical (unpaired) electrons. The third-order valence-corrected chi connectivity index (χ3v) is 5.00. The summed E-state index contributed by atoms with van der Waals surface area (Å²) in [6.45, 7) is 6.31. The number of nitrogens with two attached hydrogens (primary N) is 1. The number of amides is 1. The summed E-state index contributed by atoms with van der Waals surface area (Å²) in [7, 11) is 1.91. The molecule has 124 valence electrons. The van der Waals surface area contributed by atoms with Crippen LogP contribution in [0, 0.1) is 19.8 Å². The van der Waals surface area contributed by atoms with Gasteiger partial charge >= 0.3 is 0 Å². The van der Waals surface area contributed by atoms with Gasteiger partial charge < -0.3 is 10.6 Å². The molecular formula is C18H29ClN2O. The maximum atomic E-state index is 12.5. The highest BCUT2D eigenvalue weighted by molar-refractivity contribution is 5.85. The van der Waals surface area contributed by atoms with E-state index < -0.39 is 0 Å². The van der Waals surface area contributed by atoms with Crippen LogP contribution in [0.15, 0.2) is 18.2 Å². The van der Waals surface area contributed by atoms with Gasteiger partial charge in [0, 0.05) is 19.5 Å². The Morgan fingerprint density at radius 1 is 1.36 bits per heavy atom. The van der Waals surface area contributed by atoms with Gasteiger partial charge in [-0.3, -0.25) is 4.79 Å². The summed E-state index contributed by atoms with van der Waals surface area (Å²) in [4.78, 5) is 14.4. The van der Waals surface area contributed by atoms with Crippen molar-refractivity contribution in [1.29, 1.82) is 0 Å². The molecule has 1 aromatic carbocycles. The van der Waals surface area contributed by atoms with E-state index in [1.807, 2.05) is 11.9 Å². The SMILES string of the molecule is Cc1ccc(C(C)N(C)C(=O)C[C@@H]2CCC[C@H]2N)c(C)c1.Cl. The average molecular weight is 325 g/mol. The maximum absolute atomic E-state index is 12.5. The Kier molecular flexibility index (Phi) is 6.89. The molecule has 1 unspecified atom stereocenters. The van der Waals surface area contributed by atoms with E-state index in [1.54, 1.807) is 0 Å². The van der Waals surface area contributed by atoms with Gasteiger partial charge in [-0.25, -0.2) is 0 Å². The number of halogens is 1. The fraction of sp³-hybridized carbons (Fsp3) is 0.611. The predicted octanol–water partition coefficient (Wildman–Crippen LogP) is 3.76. The van der Waals surface area contributed by atoms with Crippen LogP contribution >= 0.6 is 12.4 Å². The number of hydrogen-bond acceptors (Lipinski definition) is 2. The molecule has 1 aromatic rings. The molecule has 3 atom stereocenters. The molecule has 2 rings (SSSR count). The van der Waals surface area contributed by atoms with E-state index in [0.29, 0.717) is 12.3 Å². The maximum Gasteiger partial charge on any atom is 0.223 e. The minimum Gasteiger partial charge on any atom is -0.339 e. The number of carbonyl (C=O) groups excluding carboxylic acids is 1. The molecule has 1 aliphatic rings. The number of carbonyl (C=O) groups is 1. The Labute approximate surface area is 140 Å². The molecule has 1 saturated carbocycles. The molecular weight excluding hydrogens is 296 g/mol. The van der Waals surface area contributed by atoms with E-state index in [4.69, 9.17) is 5.73 Å². The summed E-state index contributed by atoms with van der Waals surface area (Å²) in [5.41, 5.74) is 9.82. The van der Waals surface area contributed by atoms with Crippen LogP contribution in [0.4, 0.5) is 0 Å². The van der Waals surface area contributed by atoms with Gasteiger partial charge in [-0.2, -0.15) is 0 Å². The Morgan fingerprint density at radius 3 is 2.59 bits per heavy atom. The number of aryl methyl sites for hydroxylation is 2. The highest BCUT2D eigenvalue weighted by Gasteiger charge is 2.28. The zero-order chi connectivity index (χ0) is 15.6. The Balaban J connectivity index is 0.00000242. The van der Waals surface area contributed by atoms with Crippen LogP contribution in [0.5, 0.6) is 0 Å². The minimum absolute atomic E-state index is 0. The lowest BCUT2D eigenvalue weighted by molar-refractivity contribution is -0.132. The van der Waals surface area contributed by atoms with Crippen LogP contribution in [0.3, 0.4) is 0 Å². The van der Waals surface area contributed by atoms with Crippen molar-refractivity contribution in [3.05, 3.63) is 34.9 Å². The monoisotopic (exact) mass is 324 g/mol. The van der Waals surface area contributed by atoms with Crippen LogP contribution in [0.1, 0.15) is 55.3 Å². The number of nitrogens with zero attached hydrogens (tertiary/aromatic N) is 1. The van der Waals surface area contributed by atoms with Crippen LogP contribution in [-0.4, -0.2) is 23.9 Å². The molecule has 0 spiro atoms. The van der Waals surface area contributed by atoms with E-state index in [-0.39, 0.29) is 30.4 Å². The third-order valence-electron chi connectivity index (χ3n) is 5.00. The highest BCUT2D eigenvalue weighted by Crippen LogP contribution is 2.29. The van der Waals surface area contributed by atoms with Crippen LogP contribution in [0.2, 0.25) is 0 Å². The molecule has 0 bridgehead atoms. The van der Waals surface area contributed by atoms with Gasteiger partial charge in [0.2, 0.25) is 5.91 Å². The summed E-state index contributed by atoms with van der Waals surface area (Å²) in [6, 6.07) is 6.75. The van der Waals surface area contributed by atoms with Crippen molar-refractivity contribution in [3.8, 4) is 0 Å². The zero-order valence-electron chi connectivity index (χ0n) is 14.1. The molecule has 0 aliphatic heterocycles. The molecule has 1 amide bonds. The van der Waals surface area contributed by atoms with Crippen molar-refractivity contribution in [2.24, 2.45) is 11.7 Å². The van der Waals surface area contributed by atoms with Crippen LogP contribution in [0.25, 0.3) is 0 Å². The smallest absolute Gasteiger partial charge is 0.223 e. The number of benzene rings is 1. The van der Waals surface area contributed by atoms with Gasteiger partial charge in [0.15, 0.2) is 0 Å². The van der Waals surface area contributed by atoms with E-state index >= 15 is 0 Å². The van der Waals surface area contributed by atoms with E-state index in [0.717, 1.165) is 19.3 Å². The van der Waals surface area contributed by atoms with Crippen molar-refractivity contribution < 1.29 is 4.79 Å². The van der Waals surface area contributed by atoms with Gasteiger partial charge in [0.05, 0.1) is 6.04 Å². The topological polar surface area (TPSA) is 46.3 Å². The number of rotatable bonds is 4. The lowest BCUT2D eigenvalue weighted by Crippen LogP contribution is -2.34. The number of hydrogen-bond donors (Lipinski definition) is 1. The van der Waals surface area contributed by atoms with Crippen molar-refractivity contribution in [2.75, 3.05) is 7.05 Å². The fourth-order valence-corrected chi connectivity index (χ4v) is 3.41. The van der Waals surface area contributed by atoms with Crippen molar-refractivity contribution in [1.82, 2.24) is 4.90 Å². The van der Waals surface area contributed by atoms with Gasteiger partial charge in [0.1, 0.15) is 0 Å². The lowest BCUT2D eigenvalue weighted by atomic mass is 9.97. The second-order valence-electron chi connectivity index (χ2n) is 6.60. The third kappa shape index (κ3) is 4.23. The molecule has 1 aliphatic carbocycles. The van der Waals surface area contributed by atoms with Gasteiger partial charge in [-0.15, -0.1) is 12.4 Å². The summed E-state index contributed by atoms with van der Waals surface area (Å²) >= 11 is 0. The van der Waals surface area contributed by atoms with E-state index in [9.17, 15) is 4.79 Å². The minimum atomic E-state index is 0. The predicted molar refractivity (Wildman–Crippen MR) is 94.3 cm³/mol. The summed E-state index contributed by atoms with van der Waals surface area (Å²) in [5.74, 6) is 0.580. The second kappa shape index (κ2) is 7.98. The van der Waals surface area contributed by atoms with Gasteiger partial charge in [-0.05, 0) is 50.7 Å². The largest absolute Gasteiger partial charge is 0.339 e. The van der Waals surface area contributed by atoms with Crippen LogP contribution < -0.4 is 5.73 Å². The summed E-state index contributed by atoms with van der Waals surface area (Å²) in [5, 5.41) is 0. The standard InChI is InChI=1S/C18H28N2O.ClH/c1-12-8-9-16(13(2)10-12)14(3)20(4)18(21)11-15-6-5-7-17(15)19;/h8-10,14-15,17H,5-7,11,19H2,1-4H3;1H/t14?,15-,17+;/m0./s1. The second-order valence-corrected chi connectivity index (χ2v) is 6.60. The molecule has 1 fully saturated rings. The Bertz CT molecular complexity index is 518. The first kappa shape index (κ1) is 19.0. The normalized spacial score (nSPS) is 22.0. The van der Waals surface area contributed by atoms with E-state index in [2.05, 4.69) is 39.0 Å². The first-order valence-electron chi connectivity index (χ1n) is 7.98. The first-order chi connectivity index (χ1) is 9.90. The van der Waals surface area contributed by atoms with Crippen LogP contribution in [-0.2, 0) is 4.79 Å². The van der Waals surface area contributed by atoms with Gasteiger partial charge in [-0.1, -0.05) is 30.2 Å². The Morgan fingerprint density at radius 2 is 2.05 bits per heavy atom. The van der Waals surface area contributed by atoms with E-state index in [1.165, 1.54) is 16.7 Å². The molecule has 22 heavy (non-hydrogen) atoms. The van der Waals surface area contributed by atoms with Crippen molar-refractivity contribution in [3.63, 3.8) is 0 Å². The first-order valence-corrected chi connectivity index (χ1v) is 7.98. The fourth-order valence-electron chi connectivity index (χ4n) is 3.41. The average Bonchev–Trinajstić information content (AvgIpc) is 2.82. The molecule has 0 saturated heterocycles. The molecule has 3 nitrogen and oxygen atoms in total. The summed E-state index contributed by atoms with van der Waals surface area (Å²) in [6.07, 6.45) is 3.91. The molecule has 0 aromatic heterocycles. The van der Waals surface area contributed by atoms with Crippen molar-refractivity contribution >= 4 is 18.3 Å². The zero-order valence-corrected chi connectivity index (χ0v) is 15.0. The Hall–Kier alpha value is -1.06. The molecule has 2 N–H and O–H groups in total. The quantitative estimate of drug-likeness (QED) is 0.916. The summed E-state index contributed by atoms with van der Waals surface area (Å²) < 4.78 is 0. The van der Waals surface area contributed by atoms with Crippen molar-refractivity contribution in [2.45, 2.75) is 58.5 Å². The molecule has 4 heteroatoms. The highest BCUT2D eigenvalue weighted by atomic mass is 35.5. The van der Waals surface area contributed by atoms with Gasteiger partial charge in [0.25, 0.3) is 0 Å².